The summed E-state index contributed by atoms with van der Waals surface area (Å²) in [5.41, 5.74) is 1.30. The normalized spacial score (nSPS) is 11.6. The topological polar surface area (TPSA) is 71.1 Å². The second-order valence-corrected chi connectivity index (χ2v) is 5.42. The van der Waals surface area contributed by atoms with Crippen LogP contribution in [0, 0.1) is 6.92 Å². The van der Waals surface area contributed by atoms with Crippen molar-refractivity contribution in [3.8, 4) is 0 Å². The van der Waals surface area contributed by atoms with Crippen LogP contribution in [0.4, 0.5) is 4.79 Å². The maximum Gasteiger partial charge on any atom is 0.543 e. The Balaban J connectivity index is 2.18. The fourth-order valence-electron chi connectivity index (χ4n) is 1.91. The first-order chi connectivity index (χ1) is 11.0. The molecule has 0 saturated carbocycles. The van der Waals surface area contributed by atoms with Crippen LogP contribution in [-0.4, -0.2) is 18.2 Å². The standard InChI is InChI=1S/C17H24O6/c1-4-5-6-7-8-14(3)20-17(19)22-23-21-16(18)15-11-9-13(2)10-12-15/h9-12,14H,4-8H2,1-3H3. The molecule has 6 nitrogen and oxygen atoms in total. The Morgan fingerprint density at radius 3 is 2.39 bits per heavy atom. The smallest absolute Gasteiger partial charge is 0.429 e. The zero-order valence-corrected chi connectivity index (χ0v) is 13.9. The molecule has 0 N–H and O–H groups in total. The second-order valence-electron chi connectivity index (χ2n) is 5.42. The van der Waals surface area contributed by atoms with E-state index < -0.39 is 12.1 Å². The number of carbonyl (C=O) groups is 2. The molecule has 0 amide bonds. The molecule has 1 aromatic rings. The van der Waals surface area contributed by atoms with Crippen molar-refractivity contribution < 1.29 is 29.1 Å². The highest BCUT2D eigenvalue weighted by Gasteiger charge is 2.14. The van der Waals surface area contributed by atoms with E-state index in [0.29, 0.717) is 0 Å². The van der Waals surface area contributed by atoms with Crippen LogP contribution in [0.5, 0.6) is 0 Å². The molecular formula is C17H24O6. The van der Waals surface area contributed by atoms with Crippen molar-refractivity contribution in [2.24, 2.45) is 0 Å². The Hall–Kier alpha value is -2.08. The fraction of sp³-hybridized carbons (Fsp3) is 0.529. The van der Waals surface area contributed by atoms with Gasteiger partial charge in [-0.15, -0.1) is 0 Å². The molecule has 128 valence electrons. The molecular weight excluding hydrogens is 300 g/mol. The maximum atomic E-state index is 11.6. The zero-order chi connectivity index (χ0) is 17.1. The minimum atomic E-state index is -1.04. The Labute approximate surface area is 136 Å². The van der Waals surface area contributed by atoms with E-state index in [1.54, 1.807) is 31.2 Å². The van der Waals surface area contributed by atoms with Crippen LogP contribution < -0.4 is 0 Å². The lowest BCUT2D eigenvalue weighted by atomic mass is 10.1. The average Bonchev–Trinajstić information content (AvgIpc) is 2.52. The van der Waals surface area contributed by atoms with E-state index in [4.69, 9.17) is 4.74 Å². The van der Waals surface area contributed by atoms with E-state index in [2.05, 4.69) is 21.7 Å². The van der Waals surface area contributed by atoms with Gasteiger partial charge in [-0.1, -0.05) is 43.9 Å². The van der Waals surface area contributed by atoms with Crippen LogP contribution in [0.25, 0.3) is 0 Å². The van der Waals surface area contributed by atoms with E-state index in [1.807, 2.05) is 6.92 Å². The van der Waals surface area contributed by atoms with Gasteiger partial charge in [0.25, 0.3) is 0 Å². The molecule has 0 saturated heterocycles. The molecule has 1 unspecified atom stereocenters. The average molecular weight is 324 g/mol. The predicted molar refractivity (Wildman–Crippen MR) is 83.5 cm³/mol. The van der Waals surface area contributed by atoms with Gasteiger partial charge in [-0.05, 0) is 38.8 Å². The van der Waals surface area contributed by atoms with Crippen LogP contribution in [0.3, 0.4) is 0 Å². The Bertz CT molecular complexity index is 482. The monoisotopic (exact) mass is 324 g/mol. The van der Waals surface area contributed by atoms with Crippen molar-refractivity contribution in [3.63, 3.8) is 0 Å². The van der Waals surface area contributed by atoms with Crippen LogP contribution in [0.1, 0.15) is 61.9 Å². The SMILES string of the molecule is CCCCCCC(C)OC(=O)OOOC(=O)c1ccc(C)cc1. The summed E-state index contributed by atoms with van der Waals surface area (Å²) in [6.07, 6.45) is 3.82. The Kier molecular flexibility index (Phi) is 8.75. The lowest BCUT2D eigenvalue weighted by Crippen LogP contribution is -2.17. The van der Waals surface area contributed by atoms with E-state index >= 15 is 0 Å². The third-order valence-electron chi connectivity index (χ3n) is 3.26. The molecule has 0 heterocycles. The highest BCUT2D eigenvalue weighted by molar-refractivity contribution is 5.88. The fourth-order valence-corrected chi connectivity index (χ4v) is 1.91. The third kappa shape index (κ3) is 8.21. The largest absolute Gasteiger partial charge is 0.543 e. The minimum absolute atomic E-state index is 0.282. The van der Waals surface area contributed by atoms with Crippen LogP contribution in [0.2, 0.25) is 0 Å². The molecule has 1 aromatic carbocycles. The van der Waals surface area contributed by atoms with E-state index in [9.17, 15) is 9.59 Å². The number of hydrogen-bond donors (Lipinski definition) is 0. The number of unbranched alkanes of at least 4 members (excludes halogenated alkanes) is 3. The summed E-state index contributed by atoms with van der Waals surface area (Å²) in [5.74, 6) is -0.759. The molecule has 0 aliphatic heterocycles. The highest BCUT2D eigenvalue weighted by Crippen LogP contribution is 2.09. The van der Waals surface area contributed by atoms with Crippen molar-refractivity contribution in [1.82, 2.24) is 0 Å². The lowest BCUT2D eigenvalue weighted by molar-refractivity contribution is -0.452. The van der Waals surface area contributed by atoms with Crippen molar-refractivity contribution in [1.29, 1.82) is 0 Å². The highest BCUT2D eigenvalue weighted by atomic mass is 17.5. The number of aryl methyl sites for hydroxylation is 1. The van der Waals surface area contributed by atoms with Crippen LogP contribution in [0.15, 0.2) is 24.3 Å². The van der Waals surface area contributed by atoms with Crippen molar-refractivity contribution in [2.75, 3.05) is 0 Å². The van der Waals surface area contributed by atoms with E-state index in [0.717, 1.165) is 37.7 Å². The minimum Gasteiger partial charge on any atom is -0.429 e. The Morgan fingerprint density at radius 1 is 1.04 bits per heavy atom. The summed E-state index contributed by atoms with van der Waals surface area (Å²) < 4.78 is 4.96. The van der Waals surface area contributed by atoms with Gasteiger partial charge < -0.3 is 4.74 Å². The van der Waals surface area contributed by atoms with Crippen LogP contribution >= 0.6 is 0 Å². The van der Waals surface area contributed by atoms with Crippen LogP contribution in [-0.2, 0) is 19.6 Å². The number of benzene rings is 1. The van der Waals surface area contributed by atoms with Gasteiger partial charge in [0, 0.05) is 0 Å². The number of carbonyl (C=O) groups excluding carboxylic acids is 2. The molecule has 1 atom stereocenters. The van der Waals surface area contributed by atoms with E-state index in [-0.39, 0.29) is 11.7 Å². The third-order valence-corrected chi connectivity index (χ3v) is 3.26. The summed E-state index contributed by atoms with van der Waals surface area (Å²) in [5, 5.41) is 4.16. The molecule has 23 heavy (non-hydrogen) atoms. The molecule has 0 radical (unpaired) electrons. The van der Waals surface area contributed by atoms with Gasteiger partial charge >= 0.3 is 12.1 Å². The van der Waals surface area contributed by atoms with Gasteiger partial charge in [-0.25, -0.2) is 14.5 Å². The summed E-state index contributed by atoms with van der Waals surface area (Å²) >= 11 is 0. The van der Waals surface area contributed by atoms with Gasteiger partial charge in [0.05, 0.1) is 10.6 Å². The predicted octanol–water partition coefficient (Wildman–Crippen LogP) is 4.51. The van der Waals surface area contributed by atoms with Gasteiger partial charge in [0.1, 0.15) is 6.10 Å². The van der Waals surface area contributed by atoms with Crippen molar-refractivity contribution in [2.45, 2.75) is 59.0 Å². The molecule has 0 aliphatic rings. The molecule has 6 heteroatoms. The number of ether oxygens (including phenoxy) is 1. The van der Waals surface area contributed by atoms with Gasteiger partial charge in [-0.2, -0.15) is 0 Å². The lowest BCUT2D eigenvalue weighted by Gasteiger charge is -2.11. The molecule has 0 spiro atoms. The molecule has 0 fully saturated rings. The van der Waals surface area contributed by atoms with Gasteiger partial charge in [0.15, 0.2) is 0 Å². The summed E-state index contributed by atoms with van der Waals surface area (Å²) in [6.45, 7) is 5.80. The molecule has 1 rings (SSSR count). The zero-order valence-electron chi connectivity index (χ0n) is 13.9. The van der Waals surface area contributed by atoms with Crippen molar-refractivity contribution in [3.05, 3.63) is 35.4 Å². The molecule has 0 aliphatic carbocycles. The first-order valence-corrected chi connectivity index (χ1v) is 7.85. The molecule has 0 aromatic heterocycles. The van der Waals surface area contributed by atoms with Gasteiger partial charge in [-0.3, -0.25) is 4.89 Å². The second kappa shape index (κ2) is 10.6. The van der Waals surface area contributed by atoms with Gasteiger partial charge in [0.2, 0.25) is 0 Å². The first kappa shape index (κ1) is 19.0. The van der Waals surface area contributed by atoms with Crippen molar-refractivity contribution >= 4 is 12.1 Å². The summed E-state index contributed by atoms with van der Waals surface area (Å²) in [4.78, 5) is 31.6. The maximum absolute atomic E-state index is 11.6. The molecule has 0 bridgehead atoms. The van der Waals surface area contributed by atoms with E-state index in [1.165, 1.54) is 0 Å². The number of rotatable bonds is 9. The number of hydrogen-bond acceptors (Lipinski definition) is 6. The quantitative estimate of drug-likeness (QED) is 0.288. The summed E-state index contributed by atoms with van der Waals surface area (Å²) in [7, 11) is 0. The Morgan fingerprint density at radius 2 is 1.74 bits per heavy atom. The first-order valence-electron chi connectivity index (χ1n) is 7.85. The summed E-state index contributed by atoms with van der Waals surface area (Å²) in [6, 6.07) is 6.67.